The Morgan fingerprint density at radius 2 is 1.42 bits per heavy atom. The van der Waals surface area contributed by atoms with Crippen molar-refractivity contribution in [1.29, 1.82) is 0 Å². The SMILES string of the molecule is CCC(C)c1cccc2c3ccc(-c4c(C)cccc4C)cc3n3c(-c4c(C)cc(C)cc4C)cnc3c12. The largest absolute Gasteiger partial charge is 0.292 e. The average Bonchev–Trinajstić information content (AvgIpc) is 3.32. The lowest BCUT2D eigenvalue weighted by atomic mass is 9.90. The van der Waals surface area contributed by atoms with Crippen LogP contribution < -0.4 is 0 Å². The number of rotatable bonds is 4. The Bertz CT molecular complexity index is 1830. The van der Waals surface area contributed by atoms with E-state index in [1.54, 1.807) is 0 Å². The highest BCUT2D eigenvalue weighted by Crippen LogP contribution is 2.40. The summed E-state index contributed by atoms with van der Waals surface area (Å²) >= 11 is 0. The molecule has 1 unspecified atom stereocenters. The van der Waals surface area contributed by atoms with E-state index >= 15 is 0 Å². The van der Waals surface area contributed by atoms with Crippen LogP contribution in [0.4, 0.5) is 0 Å². The summed E-state index contributed by atoms with van der Waals surface area (Å²) in [7, 11) is 0. The van der Waals surface area contributed by atoms with Gasteiger partial charge in [0, 0.05) is 16.3 Å². The molecule has 2 heterocycles. The first-order valence-electron chi connectivity index (χ1n) is 13.8. The molecule has 0 aliphatic carbocycles. The van der Waals surface area contributed by atoms with Gasteiger partial charge in [0.1, 0.15) is 5.65 Å². The van der Waals surface area contributed by atoms with E-state index in [-0.39, 0.29) is 0 Å². The quantitative estimate of drug-likeness (QED) is 0.222. The molecule has 4 aromatic carbocycles. The summed E-state index contributed by atoms with van der Waals surface area (Å²) in [5.41, 5.74) is 15.1. The van der Waals surface area contributed by atoms with Gasteiger partial charge in [-0.1, -0.05) is 80.1 Å². The Morgan fingerprint density at radius 3 is 2.11 bits per heavy atom. The molecule has 0 spiro atoms. The Labute approximate surface area is 226 Å². The van der Waals surface area contributed by atoms with Gasteiger partial charge in [0.2, 0.25) is 0 Å². The first-order valence-corrected chi connectivity index (χ1v) is 13.8. The van der Waals surface area contributed by atoms with E-state index in [1.807, 2.05) is 0 Å². The minimum Gasteiger partial charge on any atom is -0.292 e. The van der Waals surface area contributed by atoms with Crippen molar-refractivity contribution < 1.29 is 0 Å². The monoisotopic (exact) mass is 496 g/mol. The van der Waals surface area contributed by atoms with Gasteiger partial charge in [-0.15, -0.1) is 0 Å². The molecule has 0 bridgehead atoms. The van der Waals surface area contributed by atoms with Crippen LogP contribution in [-0.4, -0.2) is 9.38 Å². The third kappa shape index (κ3) is 3.66. The number of nitrogens with zero attached hydrogens (tertiary/aromatic N) is 2. The predicted molar refractivity (Wildman–Crippen MR) is 163 cm³/mol. The van der Waals surface area contributed by atoms with Crippen LogP contribution in [0.25, 0.3) is 49.7 Å². The van der Waals surface area contributed by atoms with Crippen LogP contribution in [0.15, 0.2) is 72.9 Å². The van der Waals surface area contributed by atoms with E-state index in [1.165, 1.54) is 77.4 Å². The summed E-state index contributed by atoms with van der Waals surface area (Å²) in [6.45, 7) is 15.7. The van der Waals surface area contributed by atoms with E-state index in [9.17, 15) is 0 Å². The molecule has 0 saturated heterocycles. The van der Waals surface area contributed by atoms with Gasteiger partial charge in [0.25, 0.3) is 0 Å². The van der Waals surface area contributed by atoms with E-state index in [0.29, 0.717) is 5.92 Å². The van der Waals surface area contributed by atoms with Crippen LogP contribution in [0.1, 0.15) is 59.6 Å². The molecule has 1 atom stereocenters. The van der Waals surface area contributed by atoms with Crippen LogP contribution in [0.2, 0.25) is 0 Å². The molecule has 0 saturated carbocycles. The first kappa shape index (κ1) is 24.4. The van der Waals surface area contributed by atoms with Crippen LogP contribution >= 0.6 is 0 Å². The second kappa shape index (κ2) is 9.13. The van der Waals surface area contributed by atoms with Crippen LogP contribution in [0, 0.1) is 34.6 Å². The molecule has 0 aliphatic rings. The van der Waals surface area contributed by atoms with Crippen LogP contribution in [-0.2, 0) is 0 Å². The molecule has 2 nitrogen and oxygen atoms in total. The fourth-order valence-electron chi connectivity index (χ4n) is 6.58. The molecule has 0 fully saturated rings. The lowest BCUT2D eigenvalue weighted by molar-refractivity contribution is 0.740. The molecule has 0 N–H and O–H groups in total. The number of aryl methyl sites for hydroxylation is 5. The summed E-state index contributed by atoms with van der Waals surface area (Å²) in [4.78, 5) is 5.16. The normalized spacial score (nSPS) is 12.6. The number of hydrogen-bond donors (Lipinski definition) is 0. The highest BCUT2D eigenvalue weighted by molar-refractivity contribution is 6.14. The van der Waals surface area contributed by atoms with Crippen molar-refractivity contribution in [3.05, 3.63) is 106 Å². The summed E-state index contributed by atoms with van der Waals surface area (Å²) in [5, 5.41) is 3.84. The van der Waals surface area contributed by atoms with Crippen molar-refractivity contribution in [2.45, 2.75) is 60.8 Å². The van der Waals surface area contributed by atoms with Gasteiger partial charge in [-0.2, -0.15) is 0 Å². The highest BCUT2D eigenvalue weighted by Gasteiger charge is 2.21. The lowest BCUT2D eigenvalue weighted by Crippen LogP contribution is -2.00. The molecule has 0 aliphatic heterocycles. The van der Waals surface area contributed by atoms with Crippen molar-refractivity contribution in [3.8, 4) is 22.4 Å². The molecule has 2 aromatic heterocycles. The van der Waals surface area contributed by atoms with Gasteiger partial charge in [0.05, 0.1) is 17.4 Å². The van der Waals surface area contributed by atoms with Gasteiger partial charge in [-0.05, 0) is 97.4 Å². The van der Waals surface area contributed by atoms with Gasteiger partial charge >= 0.3 is 0 Å². The molecule has 2 heteroatoms. The number of benzene rings is 4. The molecule has 6 aromatic rings. The smallest absolute Gasteiger partial charge is 0.145 e. The Balaban J connectivity index is 1.82. The maximum Gasteiger partial charge on any atom is 0.145 e. The number of hydrogen-bond acceptors (Lipinski definition) is 1. The lowest BCUT2D eigenvalue weighted by Gasteiger charge is -2.19. The van der Waals surface area contributed by atoms with E-state index in [0.717, 1.165) is 12.1 Å². The zero-order chi connectivity index (χ0) is 26.7. The standard InChI is InChI=1S/C36H36N2/c1-8-22(3)28-13-10-14-30-29-16-15-27(33-23(4)11-9-12-24(33)5)19-31(29)38-32(20-37-36(38)35(28)30)34-25(6)17-21(2)18-26(34)7/h9-20,22H,8H2,1-7H3. The molecule has 6 rings (SSSR count). The maximum atomic E-state index is 5.16. The van der Waals surface area contributed by atoms with E-state index in [2.05, 4.69) is 126 Å². The molecule has 0 radical (unpaired) electrons. The van der Waals surface area contributed by atoms with Crippen LogP contribution in [0.5, 0.6) is 0 Å². The highest BCUT2D eigenvalue weighted by atomic mass is 15.0. The van der Waals surface area contributed by atoms with E-state index in [4.69, 9.17) is 4.98 Å². The topological polar surface area (TPSA) is 17.3 Å². The van der Waals surface area contributed by atoms with Crippen molar-refractivity contribution in [2.24, 2.45) is 0 Å². The maximum absolute atomic E-state index is 5.16. The number of aromatic nitrogens is 2. The Kier molecular flexibility index (Phi) is 5.87. The second-order valence-electron chi connectivity index (χ2n) is 11.2. The van der Waals surface area contributed by atoms with Crippen molar-refractivity contribution in [2.75, 3.05) is 0 Å². The molecule has 0 amide bonds. The summed E-state index contributed by atoms with van der Waals surface area (Å²) < 4.78 is 2.44. The first-order chi connectivity index (χ1) is 18.3. The number of fused-ring (bicyclic) bond motifs is 6. The summed E-state index contributed by atoms with van der Waals surface area (Å²) in [5.74, 6) is 0.455. The summed E-state index contributed by atoms with van der Waals surface area (Å²) in [6, 6.07) is 25.0. The zero-order valence-corrected chi connectivity index (χ0v) is 23.6. The van der Waals surface area contributed by atoms with Gasteiger partial charge in [-0.3, -0.25) is 4.40 Å². The predicted octanol–water partition coefficient (Wildman–Crippen LogP) is 10.0. The number of pyridine rings is 1. The third-order valence-electron chi connectivity index (χ3n) is 8.46. The van der Waals surface area contributed by atoms with Gasteiger partial charge < -0.3 is 0 Å². The average molecular weight is 497 g/mol. The third-order valence-corrected chi connectivity index (χ3v) is 8.46. The molecular formula is C36H36N2. The van der Waals surface area contributed by atoms with Crippen molar-refractivity contribution in [1.82, 2.24) is 9.38 Å². The van der Waals surface area contributed by atoms with E-state index < -0.39 is 0 Å². The number of imidazole rings is 1. The Morgan fingerprint density at radius 1 is 0.737 bits per heavy atom. The van der Waals surface area contributed by atoms with Gasteiger partial charge in [0.15, 0.2) is 0 Å². The second-order valence-corrected chi connectivity index (χ2v) is 11.2. The molecule has 38 heavy (non-hydrogen) atoms. The van der Waals surface area contributed by atoms with Crippen molar-refractivity contribution in [3.63, 3.8) is 0 Å². The fourth-order valence-corrected chi connectivity index (χ4v) is 6.58. The molecular weight excluding hydrogens is 460 g/mol. The minimum atomic E-state index is 0.455. The zero-order valence-electron chi connectivity index (χ0n) is 23.6. The fraction of sp³-hybridized carbons (Fsp3) is 0.250. The summed E-state index contributed by atoms with van der Waals surface area (Å²) in [6.07, 6.45) is 3.19. The van der Waals surface area contributed by atoms with Crippen LogP contribution in [0.3, 0.4) is 0 Å². The van der Waals surface area contributed by atoms with Gasteiger partial charge in [-0.25, -0.2) is 4.98 Å². The molecule has 190 valence electrons. The minimum absolute atomic E-state index is 0.455. The Hall–Kier alpha value is -3.91. The van der Waals surface area contributed by atoms with Crippen molar-refractivity contribution >= 4 is 27.3 Å².